The fourth-order valence-electron chi connectivity index (χ4n) is 5.65. The molecule has 0 heterocycles. The van der Waals surface area contributed by atoms with E-state index in [4.69, 9.17) is 9.47 Å². The maximum Gasteiger partial charge on any atom is 0.306 e. The smallest absolute Gasteiger partial charge is 0.306 e. The second kappa shape index (κ2) is 35.9. The highest BCUT2D eigenvalue weighted by Crippen LogP contribution is 2.13. The average Bonchev–Trinajstić information content (AvgIpc) is 3.03. The van der Waals surface area contributed by atoms with Crippen LogP contribution in [0.3, 0.4) is 0 Å². The lowest BCUT2D eigenvalue weighted by atomic mass is 10.1. The number of unbranched alkanes of at least 4 members (excludes halogenated alkanes) is 22. The Labute approximate surface area is 286 Å². The fraction of sp³-hybridized carbons (Fsp3) is 0.829. The number of ether oxygens (including phenoxy) is 2. The van der Waals surface area contributed by atoms with Crippen LogP contribution in [0.1, 0.15) is 194 Å². The molecule has 0 aliphatic rings. The molecule has 268 valence electrons. The van der Waals surface area contributed by atoms with Crippen molar-refractivity contribution in [3.05, 3.63) is 24.3 Å². The Morgan fingerprint density at radius 1 is 0.543 bits per heavy atom. The normalized spacial score (nSPS) is 12.2. The molecular weight excluding hydrogens is 570 g/mol. The molecule has 0 aliphatic carbocycles. The summed E-state index contributed by atoms with van der Waals surface area (Å²) >= 11 is 0. The van der Waals surface area contributed by atoms with Crippen LogP contribution in [0.5, 0.6) is 0 Å². The molecule has 0 aliphatic heterocycles. The van der Waals surface area contributed by atoms with Crippen LogP contribution in [0.2, 0.25) is 0 Å². The van der Waals surface area contributed by atoms with Crippen molar-refractivity contribution in [2.45, 2.75) is 200 Å². The van der Waals surface area contributed by atoms with E-state index in [9.17, 15) is 9.59 Å². The van der Waals surface area contributed by atoms with Crippen LogP contribution >= 0.6 is 0 Å². The largest absolute Gasteiger partial charge is 0.461 e. The first-order chi connectivity index (χ1) is 22.5. The maximum atomic E-state index is 12.4. The van der Waals surface area contributed by atoms with Crippen molar-refractivity contribution in [2.24, 2.45) is 0 Å². The summed E-state index contributed by atoms with van der Waals surface area (Å²) < 4.78 is 12.8. The summed E-state index contributed by atoms with van der Waals surface area (Å²) in [7, 11) is 1.83. The second-order valence-corrected chi connectivity index (χ2v) is 13.5. The summed E-state index contributed by atoms with van der Waals surface area (Å²) in [5, 5.41) is 0. The van der Waals surface area contributed by atoms with Gasteiger partial charge in [0.2, 0.25) is 0 Å². The summed E-state index contributed by atoms with van der Waals surface area (Å²) in [6.07, 6.45) is 41.8. The number of carbonyl (C=O) groups excluding carboxylic acids is 2. The topological polar surface area (TPSA) is 55.6 Å². The Bertz CT molecular complexity index is 760. The predicted octanol–water partition coefficient (Wildman–Crippen LogP) is 11.9. The van der Waals surface area contributed by atoms with Gasteiger partial charge in [-0.2, -0.15) is 0 Å². The monoisotopic (exact) mass is 647 g/mol. The van der Waals surface area contributed by atoms with Gasteiger partial charge in [-0.05, 0) is 64.2 Å². The lowest BCUT2D eigenvalue weighted by Crippen LogP contribution is -2.32. The van der Waals surface area contributed by atoms with Gasteiger partial charge >= 0.3 is 11.9 Å². The molecule has 0 aromatic heterocycles. The molecule has 0 saturated carbocycles. The number of likely N-dealkylation sites (N-methyl/N-ethyl adjacent to an activating group) is 1. The van der Waals surface area contributed by atoms with Gasteiger partial charge in [-0.25, -0.2) is 4.58 Å². The molecule has 46 heavy (non-hydrogen) atoms. The second-order valence-electron chi connectivity index (χ2n) is 13.5. The van der Waals surface area contributed by atoms with E-state index in [-0.39, 0.29) is 18.5 Å². The Kier molecular flexibility index (Phi) is 34.4. The van der Waals surface area contributed by atoms with Crippen LogP contribution < -0.4 is 0 Å². The molecule has 1 unspecified atom stereocenters. The number of carbonyl (C=O) groups is 2. The predicted molar refractivity (Wildman–Crippen MR) is 198 cm³/mol. The third-order valence-electron chi connectivity index (χ3n) is 8.53. The van der Waals surface area contributed by atoms with Gasteiger partial charge in [-0.15, -0.1) is 0 Å². The lowest BCUT2D eigenvalue weighted by molar-refractivity contribution is -0.498. The number of hydrogen-bond donors (Lipinski definition) is 0. The van der Waals surface area contributed by atoms with E-state index in [1.54, 1.807) is 4.58 Å². The fourth-order valence-corrected chi connectivity index (χ4v) is 5.65. The molecule has 0 N–H and O–H groups in total. The van der Waals surface area contributed by atoms with Crippen molar-refractivity contribution < 1.29 is 23.6 Å². The molecule has 0 aromatic rings. The Hall–Kier alpha value is -1.91. The summed E-state index contributed by atoms with van der Waals surface area (Å²) in [4.78, 5) is 24.7. The van der Waals surface area contributed by atoms with E-state index in [1.165, 1.54) is 116 Å². The first kappa shape index (κ1) is 44.1. The van der Waals surface area contributed by atoms with Crippen molar-refractivity contribution in [2.75, 3.05) is 20.2 Å². The van der Waals surface area contributed by atoms with E-state index in [1.807, 2.05) is 7.05 Å². The first-order valence-electron chi connectivity index (χ1n) is 19.7. The number of nitrogens with zero attached hydrogens (tertiary/aromatic N) is 1. The summed E-state index contributed by atoms with van der Waals surface area (Å²) in [5.74, 6) is -0.416. The van der Waals surface area contributed by atoms with Crippen molar-refractivity contribution in [3.8, 4) is 0 Å². The maximum absolute atomic E-state index is 12.4. The highest BCUT2D eigenvalue weighted by molar-refractivity contribution is 5.70. The standard InChI is InChI=1S/C41H76NO4/c1-5-7-9-11-13-15-17-19-21-23-25-27-29-31-33-35-40(43)45-38-39(37-42(3)4)46-41(44)36-34-32-30-28-26-24-22-20-18-16-14-12-10-8-6-2/h19-22,39H,3,5-18,23-38H2,1-2,4H3/q+1/b21-19-,22-20-. The Morgan fingerprint density at radius 2 is 0.891 bits per heavy atom. The van der Waals surface area contributed by atoms with Crippen LogP contribution in [0.15, 0.2) is 24.3 Å². The van der Waals surface area contributed by atoms with Crippen molar-refractivity contribution >= 4 is 18.7 Å². The Morgan fingerprint density at radius 3 is 1.28 bits per heavy atom. The summed E-state index contributed by atoms with van der Waals surface area (Å²) in [5.41, 5.74) is 0. The van der Waals surface area contributed by atoms with E-state index < -0.39 is 6.10 Å². The molecule has 0 fully saturated rings. The van der Waals surface area contributed by atoms with Crippen LogP contribution in [-0.4, -0.2) is 49.5 Å². The molecule has 0 saturated heterocycles. The van der Waals surface area contributed by atoms with Gasteiger partial charge in [-0.1, -0.05) is 141 Å². The zero-order valence-corrected chi connectivity index (χ0v) is 30.9. The minimum atomic E-state index is -0.476. The lowest BCUT2D eigenvalue weighted by Gasteiger charge is -2.16. The van der Waals surface area contributed by atoms with Gasteiger partial charge in [-0.3, -0.25) is 9.59 Å². The molecule has 0 rings (SSSR count). The van der Waals surface area contributed by atoms with Gasteiger partial charge < -0.3 is 9.47 Å². The molecular formula is C41H76NO4+. The Balaban J connectivity index is 3.79. The molecule has 0 spiro atoms. The summed E-state index contributed by atoms with van der Waals surface area (Å²) in [6.45, 7) is 8.94. The molecule has 0 aromatic carbocycles. The third kappa shape index (κ3) is 35.0. The SMILES string of the molecule is C=[N+](C)CC(COC(=O)CCCCCCC/C=C\CCCCCCCC)OC(=O)CCCCCCC/C=C\CCCCCCCC. The molecule has 0 radical (unpaired) electrons. The van der Waals surface area contributed by atoms with E-state index in [2.05, 4.69) is 44.9 Å². The highest BCUT2D eigenvalue weighted by atomic mass is 16.6. The van der Waals surface area contributed by atoms with Gasteiger partial charge in [0.15, 0.2) is 12.6 Å². The van der Waals surface area contributed by atoms with Gasteiger partial charge in [0.1, 0.15) is 20.4 Å². The molecule has 0 amide bonds. The zero-order valence-electron chi connectivity index (χ0n) is 30.9. The van der Waals surface area contributed by atoms with Crippen LogP contribution in [-0.2, 0) is 19.1 Å². The molecule has 1 atom stereocenters. The molecule has 0 bridgehead atoms. The minimum absolute atomic E-state index is 0.0991. The number of allylic oxidation sites excluding steroid dienone is 4. The number of hydrogen-bond acceptors (Lipinski definition) is 4. The van der Waals surface area contributed by atoms with E-state index >= 15 is 0 Å². The quantitative estimate of drug-likeness (QED) is 0.0226. The van der Waals surface area contributed by atoms with Gasteiger partial charge in [0.05, 0.1) is 0 Å². The number of esters is 2. The van der Waals surface area contributed by atoms with E-state index in [0.29, 0.717) is 19.4 Å². The molecule has 5 heteroatoms. The third-order valence-corrected chi connectivity index (χ3v) is 8.53. The van der Waals surface area contributed by atoms with Gasteiger partial charge in [0, 0.05) is 12.8 Å². The van der Waals surface area contributed by atoms with Gasteiger partial charge in [0.25, 0.3) is 0 Å². The summed E-state index contributed by atoms with van der Waals surface area (Å²) in [6, 6.07) is 0. The van der Waals surface area contributed by atoms with Crippen molar-refractivity contribution in [3.63, 3.8) is 0 Å². The van der Waals surface area contributed by atoms with Crippen molar-refractivity contribution in [1.29, 1.82) is 0 Å². The average molecular weight is 647 g/mol. The van der Waals surface area contributed by atoms with Crippen LogP contribution in [0.25, 0.3) is 0 Å². The molecule has 5 nitrogen and oxygen atoms in total. The minimum Gasteiger partial charge on any atom is -0.461 e. The number of rotatable bonds is 35. The van der Waals surface area contributed by atoms with Crippen LogP contribution in [0, 0.1) is 0 Å². The highest BCUT2D eigenvalue weighted by Gasteiger charge is 2.20. The van der Waals surface area contributed by atoms with Crippen LogP contribution in [0.4, 0.5) is 0 Å². The van der Waals surface area contributed by atoms with E-state index in [0.717, 1.165) is 51.4 Å². The zero-order chi connectivity index (χ0) is 33.8. The first-order valence-corrected chi connectivity index (χ1v) is 19.7. The van der Waals surface area contributed by atoms with Crippen molar-refractivity contribution in [1.82, 2.24) is 0 Å².